The van der Waals surface area contributed by atoms with E-state index in [1.165, 1.54) is 5.56 Å². The Labute approximate surface area is 192 Å². The quantitative estimate of drug-likeness (QED) is 0.265. The lowest BCUT2D eigenvalue weighted by atomic mass is 9.87. The Morgan fingerprint density at radius 3 is 2.39 bits per heavy atom. The predicted molar refractivity (Wildman–Crippen MR) is 130 cm³/mol. The van der Waals surface area contributed by atoms with E-state index in [-0.39, 0.29) is 11.2 Å². The summed E-state index contributed by atoms with van der Waals surface area (Å²) in [6.07, 6.45) is 3.39. The molecule has 0 N–H and O–H groups in total. The van der Waals surface area contributed by atoms with Gasteiger partial charge in [-0.2, -0.15) is 0 Å². The van der Waals surface area contributed by atoms with E-state index in [2.05, 4.69) is 48.8 Å². The van der Waals surface area contributed by atoms with E-state index in [9.17, 15) is 4.79 Å². The molecule has 4 heteroatoms. The predicted octanol–water partition coefficient (Wildman–Crippen LogP) is 7.23. The second-order valence-electron chi connectivity index (χ2n) is 8.34. The second-order valence-corrected chi connectivity index (χ2v) is 9.26. The first kappa shape index (κ1) is 22.8. The van der Waals surface area contributed by atoms with Gasteiger partial charge in [0.1, 0.15) is 18.1 Å². The molecule has 3 aromatic carbocycles. The van der Waals surface area contributed by atoms with Crippen molar-refractivity contribution < 1.29 is 14.3 Å². The summed E-state index contributed by atoms with van der Waals surface area (Å²) in [5.41, 5.74) is 3.83. The molecule has 0 saturated heterocycles. The molecule has 0 fully saturated rings. The number of carbonyl (C=O) groups excluding carboxylic acids is 1. The molecule has 0 unspecified atom stereocenters. The molecular formula is C27H27BrO3. The maximum atomic E-state index is 12.4. The molecule has 3 nitrogen and oxygen atoms in total. The number of ketones is 1. The van der Waals surface area contributed by atoms with Crippen molar-refractivity contribution >= 4 is 27.8 Å². The van der Waals surface area contributed by atoms with Gasteiger partial charge in [-0.3, -0.25) is 4.79 Å². The number of hydrogen-bond donors (Lipinski definition) is 0. The Morgan fingerprint density at radius 2 is 1.74 bits per heavy atom. The molecule has 0 aliphatic rings. The van der Waals surface area contributed by atoms with Gasteiger partial charge in [-0.25, -0.2) is 0 Å². The van der Waals surface area contributed by atoms with Gasteiger partial charge in [-0.15, -0.1) is 0 Å². The van der Waals surface area contributed by atoms with Crippen LogP contribution in [0, 0.1) is 0 Å². The highest BCUT2D eigenvalue weighted by Crippen LogP contribution is 2.26. The summed E-state index contributed by atoms with van der Waals surface area (Å²) < 4.78 is 12.4. The van der Waals surface area contributed by atoms with Gasteiger partial charge in [0, 0.05) is 15.6 Å². The molecule has 0 bridgehead atoms. The molecule has 3 rings (SSSR count). The Morgan fingerprint density at radius 1 is 1.00 bits per heavy atom. The van der Waals surface area contributed by atoms with Crippen molar-refractivity contribution in [2.45, 2.75) is 32.8 Å². The molecule has 3 aromatic rings. The summed E-state index contributed by atoms with van der Waals surface area (Å²) in [5, 5.41) is 0. The average Bonchev–Trinajstić information content (AvgIpc) is 2.75. The standard InChI is InChI=1S/C27H27BrO3/c1-27(2,3)22-10-12-24(13-11-22)31-18-21-16-19(9-15-26(21)30-4)8-14-25(29)20-6-5-7-23(28)17-20/h5-17H,18H2,1-4H3/b14-8+. The molecule has 0 saturated carbocycles. The number of rotatable bonds is 7. The minimum Gasteiger partial charge on any atom is -0.496 e. The van der Waals surface area contributed by atoms with Crippen LogP contribution in [0.15, 0.2) is 77.3 Å². The van der Waals surface area contributed by atoms with Crippen molar-refractivity contribution in [1.82, 2.24) is 0 Å². The minimum atomic E-state index is -0.0474. The largest absolute Gasteiger partial charge is 0.496 e. The number of carbonyl (C=O) groups is 1. The first-order valence-corrected chi connectivity index (χ1v) is 10.9. The number of hydrogen-bond acceptors (Lipinski definition) is 3. The van der Waals surface area contributed by atoms with Crippen molar-refractivity contribution in [3.8, 4) is 11.5 Å². The summed E-state index contributed by atoms with van der Waals surface area (Å²) in [5.74, 6) is 1.51. The molecular weight excluding hydrogens is 452 g/mol. The highest BCUT2D eigenvalue weighted by atomic mass is 79.9. The van der Waals surface area contributed by atoms with Crippen molar-refractivity contribution in [2.75, 3.05) is 7.11 Å². The van der Waals surface area contributed by atoms with Crippen LogP contribution in [0.25, 0.3) is 6.08 Å². The molecule has 0 atom stereocenters. The van der Waals surface area contributed by atoms with E-state index < -0.39 is 0 Å². The van der Waals surface area contributed by atoms with Crippen LogP contribution in [0.5, 0.6) is 11.5 Å². The molecule has 0 aliphatic heterocycles. The zero-order valence-electron chi connectivity index (χ0n) is 18.3. The van der Waals surface area contributed by atoms with Crippen LogP contribution >= 0.6 is 15.9 Å². The van der Waals surface area contributed by atoms with E-state index in [1.54, 1.807) is 19.3 Å². The Kier molecular flexibility index (Phi) is 7.34. The third kappa shape index (κ3) is 6.31. The average molecular weight is 479 g/mol. The number of allylic oxidation sites excluding steroid dienone is 1. The third-order valence-electron chi connectivity index (χ3n) is 4.96. The van der Waals surface area contributed by atoms with Crippen LogP contribution in [-0.2, 0) is 12.0 Å². The summed E-state index contributed by atoms with van der Waals surface area (Å²) in [6, 6.07) is 21.3. The lowest BCUT2D eigenvalue weighted by molar-refractivity contribution is 0.104. The van der Waals surface area contributed by atoms with Crippen LogP contribution in [0.3, 0.4) is 0 Å². The maximum absolute atomic E-state index is 12.4. The molecule has 0 aliphatic carbocycles. The van der Waals surface area contributed by atoms with Gasteiger partial charge in [0.05, 0.1) is 7.11 Å². The SMILES string of the molecule is COc1ccc(/C=C/C(=O)c2cccc(Br)c2)cc1COc1ccc(C(C)(C)C)cc1. The highest BCUT2D eigenvalue weighted by molar-refractivity contribution is 9.10. The summed E-state index contributed by atoms with van der Waals surface area (Å²) in [4.78, 5) is 12.4. The zero-order valence-corrected chi connectivity index (χ0v) is 19.9. The van der Waals surface area contributed by atoms with Gasteiger partial charge < -0.3 is 9.47 Å². The van der Waals surface area contributed by atoms with E-state index in [4.69, 9.17) is 9.47 Å². The summed E-state index contributed by atoms with van der Waals surface area (Å²) >= 11 is 3.40. The Bertz CT molecular complexity index is 1080. The van der Waals surface area contributed by atoms with E-state index in [0.717, 1.165) is 27.1 Å². The molecule has 160 valence electrons. The third-order valence-corrected chi connectivity index (χ3v) is 5.45. The molecule has 0 aromatic heterocycles. The minimum absolute atomic E-state index is 0.0474. The molecule has 0 heterocycles. The molecule has 31 heavy (non-hydrogen) atoms. The van der Waals surface area contributed by atoms with E-state index in [0.29, 0.717) is 12.2 Å². The fraction of sp³-hybridized carbons (Fsp3) is 0.222. The van der Waals surface area contributed by atoms with Crippen LogP contribution < -0.4 is 9.47 Å². The number of methoxy groups -OCH3 is 1. The lowest BCUT2D eigenvalue weighted by Gasteiger charge is -2.19. The van der Waals surface area contributed by atoms with Crippen LogP contribution in [0.1, 0.15) is 47.8 Å². The Balaban J connectivity index is 1.72. The fourth-order valence-corrected chi connectivity index (χ4v) is 3.54. The van der Waals surface area contributed by atoms with Gasteiger partial charge in [0.25, 0.3) is 0 Å². The van der Waals surface area contributed by atoms with E-state index in [1.807, 2.05) is 54.6 Å². The van der Waals surface area contributed by atoms with Gasteiger partial charge in [-0.05, 0) is 59.0 Å². The monoisotopic (exact) mass is 478 g/mol. The number of ether oxygens (including phenoxy) is 2. The lowest BCUT2D eigenvalue weighted by Crippen LogP contribution is -2.10. The fourth-order valence-electron chi connectivity index (χ4n) is 3.14. The molecule has 0 radical (unpaired) electrons. The van der Waals surface area contributed by atoms with Crippen LogP contribution in [0.4, 0.5) is 0 Å². The number of halogens is 1. The normalized spacial score (nSPS) is 11.5. The molecule has 0 amide bonds. The first-order chi connectivity index (χ1) is 14.8. The van der Waals surface area contributed by atoms with Crippen LogP contribution in [0.2, 0.25) is 0 Å². The van der Waals surface area contributed by atoms with Gasteiger partial charge >= 0.3 is 0 Å². The first-order valence-electron chi connectivity index (χ1n) is 10.1. The smallest absolute Gasteiger partial charge is 0.185 e. The zero-order chi connectivity index (χ0) is 22.4. The van der Waals surface area contributed by atoms with Crippen LogP contribution in [-0.4, -0.2) is 12.9 Å². The summed E-state index contributed by atoms with van der Waals surface area (Å²) in [7, 11) is 1.64. The van der Waals surface area contributed by atoms with Crippen molar-refractivity contribution in [2.24, 2.45) is 0 Å². The van der Waals surface area contributed by atoms with E-state index >= 15 is 0 Å². The van der Waals surface area contributed by atoms with Gasteiger partial charge in [0.2, 0.25) is 0 Å². The van der Waals surface area contributed by atoms with Crippen molar-refractivity contribution in [3.05, 3.63) is 99.5 Å². The molecule has 0 spiro atoms. The Hall–Kier alpha value is -2.85. The maximum Gasteiger partial charge on any atom is 0.185 e. The van der Waals surface area contributed by atoms with Gasteiger partial charge in [-0.1, -0.05) is 73.1 Å². The summed E-state index contributed by atoms with van der Waals surface area (Å²) in [6.45, 7) is 6.94. The van der Waals surface area contributed by atoms with Gasteiger partial charge in [0.15, 0.2) is 5.78 Å². The van der Waals surface area contributed by atoms with Crippen molar-refractivity contribution in [3.63, 3.8) is 0 Å². The second kappa shape index (κ2) is 9.97. The van der Waals surface area contributed by atoms with Crippen molar-refractivity contribution in [1.29, 1.82) is 0 Å². The highest BCUT2D eigenvalue weighted by Gasteiger charge is 2.13. The number of benzene rings is 3. The topological polar surface area (TPSA) is 35.5 Å².